The lowest BCUT2D eigenvalue weighted by Crippen LogP contribution is -2.32. The van der Waals surface area contributed by atoms with E-state index in [1.807, 2.05) is 0 Å². The lowest BCUT2D eigenvalue weighted by atomic mass is 10.2. The Labute approximate surface area is 64.0 Å². The second-order valence-electron chi connectivity index (χ2n) is 2.00. The summed E-state index contributed by atoms with van der Waals surface area (Å²) in [5, 5.41) is 10.6. The Morgan fingerprint density at radius 2 is 2.30 bits per heavy atom. The normalized spacial score (nSPS) is 23.2. The van der Waals surface area contributed by atoms with Gasteiger partial charge < -0.3 is 10.4 Å². The lowest BCUT2D eigenvalue weighted by Gasteiger charge is -1.99. The van der Waals surface area contributed by atoms with Crippen LogP contribution in [0.25, 0.3) is 0 Å². The van der Waals surface area contributed by atoms with Crippen LogP contribution in [0.15, 0.2) is 0 Å². The average Bonchev–Trinajstić information content (AvgIpc) is 2.14. The van der Waals surface area contributed by atoms with E-state index < -0.39 is 12.0 Å². The van der Waals surface area contributed by atoms with Crippen LogP contribution in [0.5, 0.6) is 0 Å². The van der Waals surface area contributed by atoms with Crippen molar-refractivity contribution in [1.29, 1.82) is 0 Å². The number of rotatable bonds is 1. The van der Waals surface area contributed by atoms with E-state index in [0.717, 1.165) is 0 Å². The Morgan fingerprint density at radius 1 is 1.70 bits per heavy atom. The maximum atomic E-state index is 10.4. The molecule has 0 aromatic rings. The summed E-state index contributed by atoms with van der Waals surface area (Å²) in [5.41, 5.74) is 0. The molecule has 0 saturated carbocycles. The summed E-state index contributed by atoms with van der Waals surface area (Å²) in [6, 6.07) is -0.641. The molecule has 1 fully saturated rings. The van der Waals surface area contributed by atoms with E-state index >= 15 is 0 Å². The van der Waals surface area contributed by atoms with E-state index in [2.05, 4.69) is 5.32 Å². The number of aliphatic carboxylic acids is 1. The van der Waals surface area contributed by atoms with E-state index in [4.69, 9.17) is 5.11 Å². The van der Waals surface area contributed by atoms with Crippen molar-refractivity contribution in [3.8, 4) is 0 Å². The van der Waals surface area contributed by atoms with Crippen LogP contribution in [-0.2, 0) is 9.59 Å². The quantitative estimate of drug-likeness (QED) is 0.564. The third-order valence-corrected chi connectivity index (χ3v) is 1.29. The van der Waals surface area contributed by atoms with Gasteiger partial charge in [-0.1, -0.05) is 0 Å². The Bertz CT molecular complexity index is 159. The average molecular weight is 166 g/mol. The fourth-order valence-electron chi connectivity index (χ4n) is 0.799. The summed E-state index contributed by atoms with van der Waals surface area (Å²) in [5.74, 6) is -1.11. The summed E-state index contributed by atoms with van der Waals surface area (Å²) in [6.45, 7) is 0. The van der Waals surface area contributed by atoms with Crippen molar-refractivity contribution in [2.75, 3.05) is 0 Å². The van der Waals surface area contributed by atoms with E-state index in [-0.39, 0.29) is 18.3 Å². The first-order chi connectivity index (χ1) is 4.20. The number of nitrogens with one attached hydrogen (secondary N) is 1. The number of carboxylic acid groups (broad SMARTS) is 1. The Balaban J connectivity index is 0.000000810. The molecule has 0 bridgehead atoms. The Kier molecular flexibility index (Phi) is 3.15. The molecule has 0 unspecified atom stereocenters. The van der Waals surface area contributed by atoms with Gasteiger partial charge in [0.15, 0.2) is 0 Å². The van der Waals surface area contributed by atoms with Crippen molar-refractivity contribution in [2.24, 2.45) is 0 Å². The first kappa shape index (κ1) is 9.23. The van der Waals surface area contributed by atoms with Gasteiger partial charge in [-0.2, -0.15) is 0 Å². The van der Waals surface area contributed by atoms with Gasteiger partial charge in [0.1, 0.15) is 6.04 Å². The summed E-state index contributed by atoms with van der Waals surface area (Å²) in [6.07, 6.45) is 0.769. The number of hydrogen-bond donors (Lipinski definition) is 2. The molecule has 1 rings (SSSR count). The van der Waals surface area contributed by atoms with Crippen LogP contribution in [0.1, 0.15) is 12.8 Å². The van der Waals surface area contributed by atoms with Crippen molar-refractivity contribution >= 4 is 24.3 Å². The molecule has 0 aliphatic carbocycles. The highest BCUT2D eigenvalue weighted by Gasteiger charge is 2.26. The molecule has 0 aromatic carbocycles. The molecule has 5 heteroatoms. The molecule has 1 aliphatic rings. The predicted molar refractivity (Wildman–Crippen MR) is 36.0 cm³/mol. The molecular formula is C5H8ClNO3. The molecule has 58 valence electrons. The van der Waals surface area contributed by atoms with Gasteiger partial charge >= 0.3 is 5.97 Å². The monoisotopic (exact) mass is 165 g/mol. The summed E-state index contributed by atoms with van der Waals surface area (Å²) < 4.78 is 0. The van der Waals surface area contributed by atoms with Gasteiger partial charge in [0, 0.05) is 6.42 Å². The highest BCUT2D eigenvalue weighted by atomic mass is 35.5. The molecule has 0 aromatic heterocycles. The zero-order chi connectivity index (χ0) is 6.85. The zero-order valence-corrected chi connectivity index (χ0v) is 5.98. The van der Waals surface area contributed by atoms with Gasteiger partial charge in [0.05, 0.1) is 0 Å². The van der Waals surface area contributed by atoms with Crippen molar-refractivity contribution < 1.29 is 14.7 Å². The van der Waals surface area contributed by atoms with Crippen LogP contribution in [0, 0.1) is 0 Å². The first-order valence-electron chi connectivity index (χ1n) is 2.72. The standard InChI is InChI=1S/C5H7NO3.ClH/c7-4-2-1-3(6-4)5(8)9;/h3H,1-2H2,(H,6,7)(H,8,9);1H/t3-;/m0./s1. The minimum absolute atomic E-state index is 0. The zero-order valence-electron chi connectivity index (χ0n) is 5.16. The molecule has 2 N–H and O–H groups in total. The number of carbonyl (C=O) groups excluding carboxylic acids is 1. The van der Waals surface area contributed by atoms with Crippen LogP contribution in [-0.4, -0.2) is 23.0 Å². The highest BCUT2D eigenvalue weighted by molar-refractivity contribution is 5.87. The molecule has 1 saturated heterocycles. The molecule has 0 spiro atoms. The topological polar surface area (TPSA) is 66.4 Å². The first-order valence-corrected chi connectivity index (χ1v) is 2.72. The molecular weight excluding hydrogens is 158 g/mol. The third-order valence-electron chi connectivity index (χ3n) is 1.29. The minimum atomic E-state index is -0.944. The molecule has 1 atom stereocenters. The minimum Gasteiger partial charge on any atom is -0.480 e. The fourth-order valence-corrected chi connectivity index (χ4v) is 0.799. The second-order valence-corrected chi connectivity index (χ2v) is 2.00. The second kappa shape index (κ2) is 3.41. The third kappa shape index (κ3) is 1.88. The maximum absolute atomic E-state index is 10.4. The number of halogens is 1. The smallest absolute Gasteiger partial charge is 0.326 e. The summed E-state index contributed by atoms with van der Waals surface area (Å²) >= 11 is 0. The number of amides is 1. The predicted octanol–water partition coefficient (Wildman–Crippen LogP) is -0.229. The number of carbonyl (C=O) groups is 2. The van der Waals surface area contributed by atoms with Crippen molar-refractivity contribution in [2.45, 2.75) is 18.9 Å². The van der Waals surface area contributed by atoms with Crippen molar-refractivity contribution in [3.63, 3.8) is 0 Å². The fraction of sp³-hybridized carbons (Fsp3) is 0.600. The molecule has 0 radical (unpaired) electrons. The highest BCUT2D eigenvalue weighted by Crippen LogP contribution is 2.05. The Hall–Kier alpha value is -0.770. The van der Waals surface area contributed by atoms with Crippen LogP contribution >= 0.6 is 12.4 Å². The number of hydrogen-bond acceptors (Lipinski definition) is 2. The van der Waals surface area contributed by atoms with Crippen LogP contribution in [0.2, 0.25) is 0 Å². The van der Waals surface area contributed by atoms with Crippen molar-refractivity contribution in [3.05, 3.63) is 0 Å². The van der Waals surface area contributed by atoms with Crippen LogP contribution in [0.3, 0.4) is 0 Å². The molecule has 1 heterocycles. The summed E-state index contributed by atoms with van der Waals surface area (Å²) in [4.78, 5) is 20.5. The molecule has 1 aliphatic heterocycles. The van der Waals surface area contributed by atoms with Crippen molar-refractivity contribution in [1.82, 2.24) is 5.32 Å². The number of carboxylic acids is 1. The van der Waals surface area contributed by atoms with Gasteiger partial charge in [-0.15, -0.1) is 12.4 Å². The lowest BCUT2D eigenvalue weighted by molar-refractivity contribution is -0.140. The maximum Gasteiger partial charge on any atom is 0.326 e. The van der Waals surface area contributed by atoms with Crippen LogP contribution in [0.4, 0.5) is 0 Å². The van der Waals surface area contributed by atoms with Gasteiger partial charge in [-0.05, 0) is 6.42 Å². The molecule has 10 heavy (non-hydrogen) atoms. The van der Waals surface area contributed by atoms with E-state index in [9.17, 15) is 9.59 Å². The van der Waals surface area contributed by atoms with Gasteiger partial charge in [0.2, 0.25) is 5.91 Å². The van der Waals surface area contributed by atoms with Gasteiger partial charge in [-0.25, -0.2) is 4.79 Å². The van der Waals surface area contributed by atoms with Gasteiger partial charge in [-0.3, -0.25) is 4.79 Å². The van der Waals surface area contributed by atoms with E-state index in [1.165, 1.54) is 0 Å². The van der Waals surface area contributed by atoms with Crippen LogP contribution < -0.4 is 5.32 Å². The summed E-state index contributed by atoms with van der Waals surface area (Å²) in [7, 11) is 0. The molecule has 1 amide bonds. The van der Waals surface area contributed by atoms with Gasteiger partial charge in [0.25, 0.3) is 0 Å². The van der Waals surface area contributed by atoms with E-state index in [0.29, 0.717) is 12.8 Å². The SMILES string of the molecule is Cl.O=C1CC[C@@H](C(=O)O)N1. The Morgan fingerprint density at radius 3 is 2.50 bits per heavy atom. The van der Waals surface area contributed by atoms with E-state index in [1.54, 1.807) is 0 Å². The molecule has 4 nitrogen and oxygen atoms in total. The largest absolute Gasteiger partial charge is 0.480 e.